The molecule has 5 nitrogen and oxygen atoms in total. The highest BCUT2D eigenvalue weighted by Gasteiger charge is 2.29. The van der Waals surface area contributed by atoms with E-state index in [1.54, 1.807) is 19.0 Å². The Morgan fingerprint density at radius 2 is 1.95 bits per heavy atom. The molecule has 1 fully saturated rings. The number of hydrogen-bond donors (Lipinski definition) is 1. The zero-order valence-corrected chi connectivity index (χ0v) is 12.4. The topological polar surface area (TPSA) is 66.6 Å². The molecule has 2 atom stereocenters. The van der Waals surface area contributed by atoms with Gasteiger partial charge in [-0.2, -0.15) is 0 Å². The zero-order valence-electron chi connectivity index (χ0n) is 12.4. The molecule has 1 aliphatic carbocycles. The van der Waals surface area contributed by atoms with Crippen LogP contribution >= 0.6 is 0 Å². The molecule has 0 heterocycles. The molecule has 1 aliphatic rings. The van der Waals surface area contributed by atoms with Crippen LogP contribution in [-0.2, 0) is 9.59 Å². The van der Waals surface area contributed by atoms with Crippen LogP contribution in [0.4, 0.5) is 0 Å². The van der Waals surface area contributed by atoms with Gasteiger partial charge in [0.05, 0.1) is 6.54 Å². The summed E-state index contributed by atoms with van der Waals surface area (Å²) in [5, 5.41) is 0. The lowest BCUT2D eigenvalue weighted by Crippen LogP contribution is -2.45. The molecular weight excluding hydrogens is 242 g/mol. The van der Waals surface area contributed by atoms with E-state index in [1.807, 2.05) is 6.92 Å². The van der Waals surface area contributed by atoms with E-state index in [0.717, 1.165) is 32.1 Å². The summed E-state index contributed by atoms with van der Waals surface area (Å²) in [4.78, 5) is 27.5. The first kappa shape index (κ1) is 16.0. The predicted molar refractivity (Wildman–Crippen MR) is 75.5 cm³/mol. The lowest BCUT2D eigenvalue weighted by molar-refractivity contribution is -0.142. The first-order valence-corrected chi connectivity index (χ1v) is 7.20. The van der Waals surface area contributed by atoms with Crippen molar-refractivity contribution in [3.05, 3.63) is 0 Å². The van der Waals surface area contributed by atoms with Crippen molar-refractivity contribution < 1.29 is 9.59 Å². The van der Waals surface area contributed by atoms with Gasteiger partial charge in [0.2, 0.25) is 11.8 Å². The summed E-state index contributed by atoms with van der Waals surface area (Å²) in [7, 11) is 3.43. The minimum atomic E-state index is -0.0260. The molecule has 110 valence electrons. The number of likely N-dealkylation sites (N-methyl/N-ethyl adjacent to an activating group) is 1. The van der Waals surface area contributed by atoms with E-state index >= 15 is 0 Å². The molecule has 0 bridgehead atoms. The lowest BCUT2D eigenvalue weighted by atomic mass is 9.85. The number of carbonyl (C=O) groups is 2. The molecule has 2 N–H and O–H groups in total. The zero-order chi connectivity index (χ0) is 14.4. The van der Waals surface area contributed by atoms with Gasteiger partial charge in [-0.25, -0.2) is 0 Å². The van der Waals surface area contributed by atoms with Gasteiger partial charge in [0.25, 0.3) is 0 Å². The number of nitrogens with two attached hydrogens (primary N) is 1. The van der Waals surface area contributed by atoms with E-state index in [4.69, 9.17) is 5.73 Å². The molecule has 2 unspecified atom stereocenters. The highest BCUT2D eigenvalue weighted by Crippen LogP contribution is 2.25. The van der Waals surface area contributed by atoms with Gasteiger partial charge in [-0.1, -0.05) is 13.3 Å². The Morgan fingerprint density at radius 1 is 1.26 bits per heavy atom. The predicted octanol–water partition coefficient (Wildman–Crippen LogP) is 0.831. The van der Waals surface area contributed by atoms with Crippen LogP contribution in [0.5, 0.6) is 0 Å². The molecule has 1 saturated carbocycles. The molecule has 1 rings (SSSR count). The van der Waals surface area contributed by atoms with Crippen molar-refractivity contribution in [1.82, 2.24) is 9.80 Å². The highest BCUT2D eigenvalue weighted by molar-refractivity contribution is 5.85. The van der Waals surface area contributed by atoms with E-state index in [9.17, 15) is 9.59 Å². The monoisotopic (exact) mass is 269 g/mol. The van der Waals surface area contributed by atoms with E-state index in [-0.39, 0.29) is 30.3 Å². The van der Waals surface area contributed by atoms with Gasteiger partial charge >= 0.3 is 0 Å². The number of hydrogen-bond acceptors (Lipinski definition) is 3. The van der Waals surface area contributed by atoms with E-state index in [2.05, 4.69) is 0 Å². The summed E-state index contributed by atoms with van der Waals surface area (Å²) in [5.41, 5.74) is 5.94. The Balaban J connectivity index is 2.63. The second-order valence-electron chi connectivity index (χ2n) is 5.67. The van der Waals surface area contributed by atoms with Crippen LogP contribution in [0.2, 0.25) is 0 Å². The smallest absolute Gasteiger partial charge is 0.241 e. The van der Waals surface area contributed by atoms with Crippen LogP contribution in [0.1, 0.15) is 39.0 Å². The summed E-state index contributed by atoms with van der Waals surface area (Å²) >= 11 is 0. The van der Waals surface area contributed by atoms with Crippen molar-refractivity contribution >= 4 is 11.8 Å². The second kappa shape index (κ2) is 7.48. The summed E-state index contributed by atoms with van der Waals surface area (Å²) in [6, 6.07) is 0.135. The lowest BCUT2D eigenvalue weighted by Gasteiger charge is -2.31. The maximum absolute atomic E-state index is 12.5. The summed E-state index contributed by atoms with van der Waals surface area (Å²) in [6.07, 6.45) is 4.55. The van der Waals surface area contributed by atoms with Gasteiger partial charge < -0.3 is 15.5 Å². The maximum atomic E-state index is 12.5. The Bertz CT molecular complexity index is 318. The second-order valence-corrected chi connectivity index (χ2v) is 5.67. The number of amides is 2. The fraction of sp³-hybridized carbons (Fsp3) is 0.857. The molecule has 19 heavy (non-hydrogen) atoms. The molecule has 0 aromatic rings. The van der Waals surface area contributed by atoms with Crippen molar-refractivity contribution in [2.45, 2.75) is 45.1 Å². The normalized spacial score (nSPS) is 22.9. The van der Waals surface area contributed by atoms with Crippen LogP contribution in [0.15, 0.2) is 0 Å². The number of rotatable bonds is 5. The minimum Gasteiger partial charge on any atom is -0.347 e. The van der Waals surface area contributed by atoms with Gasteiger partial charge in [0, 0.05) is 32.6 Å². The third kappa shape index (κ3) is 4.82. The van der Waals surface area contributed by atoms with Crippen LogP contribution < -0.4 is 5.73 Å². The molecular formula is C14H27N3O2. The van der Waals surface area contributed by atoms with E-state index < -0.39 is 0 Å². The largest absolute Gasteiger partial charge is 0.347 e. The van der Waals surface area contributed by atoms with E-state index in [1.165, 1.54) is 4.90 Å². The number of carbonyl (C=O) groups excluding carboxylic acids is 2. The van der Waals surface area contributed by atoms with E-state index in [0.29, 0.717) is 6.54 Å². The molecule has 0 aliphatic heterocycles. The van der Waals surface area contributed by atoms with Crippen molar-refractivity contribution in [1.29, 1.82) is 0 Å². The number of nitrogens with zero attached hydrogens (tertiary/aromatic N) is 2. The Labute approximate surface area is 116 Å². The fourth-order valence-corrected chi connectivity index (χ4v) is 2.55. The Morgan fingerprint density at radius 3 is 2.47 bits per heavy atom. The first-order valence-electron chi connectivity index (χ1n) is 7.20. The van der Waals surface area contributed by atoms with Gasteiger partial charge in [-0.15, -0.1) is 0 Å². The summed E-state index contributed by atoms with van der Waals surface area (Å²) < 4.78 is 0. The average molecular weight is 269 g/mol. The van der Waals surface area contributed by atoms with Crippen LogP contribution in [0, 0.1) is 5.92 Å². The molecule has 0 aromatic carbocycles. The molecule has 0 saturated heterocycles. The van der Waals surface area contributed by atoms with Crippen molar-refractivity contribution in [3.63, 3.8) is 0 Å². The molecule has 5 heteroatoms. The van der Waals surface area contributed by atoms with Gasteiger partial charge in [0.1, 0.15) is 0 Å². The fourth-order valence-electron chi connectivity index (χ4n) is 2.55. The third-order valence-corrected chi connectivity index (χ3v) is 3.69. The van der Waals surface area contributed by atoms with Crippen LogP contribution in [0.25, 0.3) is 0 Å². The van der Waals surface area contributed by atoms with Crippen molar-refractivity contribution in [3.8, 4) is 0 Å². The summed E-state index contributed by atoms with van der Waals surface area (Å²) in [5.74, 6) is 0.0828. The van der Waals surface area contributed by atoms with Gasteiger partial charge in [-0.05, 0) is 25.7 Å². The minimum absolute atomic E-state index is 0.00487. The van der Waals surface area contributed by atoms with Crippen molar-refractivity contribution in [2.24, 2.45) is 11.7 Å². The molecule has 0 radical (unpaired) electrons. The first-order chi connectivity index (χ1) is 8.95. The standard InChI is InChI=1S/C14H27N3O2/c1-4-8-17(10-13(18)16(2)3)14(19)11-6-5-7-12(15)9-11/h11-12H,4-10,15H2,1-3H3. The average Bonchev–Trinajstić information content (AvgIpc) is 2.37. The maximum Gasteiger partial charge on any atom is 0.241 e. The molecule has 2 amide bonds. The Kier molecular flexibility index (Phi) is 6.28. The van der Waals surface area contributed by atoms with Crippen molar-refractivity contribution in [2.75, 3.05) is 27.2 Å². The van der Waals surface area contributed by atoms with Gasteiger partial charge in [0.15, 0.2) is 0 Å². The van der Waals surface area contributed by atoms with Gasteiger partial charge in [-0.3, -0.25) is 9.59 Å². The summed E-state index contributed by atoms with van der Waals surface area (Å²) in [6.45, 7) is 2.85. The quantitative estimate of drug-likeness (QED) is 0.804. The third-order valence-electron chi connectivity index (χ3n) is 3.69. The van der Waals surface area contributed by atoms with Crippen LogP contribution in [-0.4, -0.2) is 54.8 Å². The van der Waals surface area contributed by atoms with Crippen LogP contribution in [0.3, 0.4) is 0 Å². The Hall–Kier alpha value is -1.10. The highest BCUT2D eigenvalue weighted by atomic mass is 16.2. The molecule has 0 aromatic heterocycles. The molecule has 0 spiro atoms. The SMILES string of the molecule is CCCN(CC(=O)N(C)C)C(=O)C1CCCC(N)C1.